The Morgan fingerprint density at radius 3 is 2.30 bits per heavy atom. The zero-order valence-electron chi connectivity index (χ0n) is 11.4. The van der Waals surface area contributed by atoms with Crippen molar-refractivity contribution >= 4 is 34.6 Å². The Morgan fingerprint density at radius 2 is 1.70 bits per heavy atom. The van der Waals surface area contributed by atoms with E-state index >= 15 is 0 Å². The molecule has 3 N–H and O–H groups in total. The van der Waals surface area contributed by atoms with E-state index in [1.165, 1.54) is 5.56 Å². The Bertz CT molecular complexity index is 547. The molecular weight excluding hydrogens is 291 g/mol. The smallest absolute Gasteiger partial charge is 0.0722 e. The zero-order chi connectivity index (χ0) is 14.5. The van der Waals surface area contributed by atoms with Gasteiger partial charge in [0.25, 0.3) is 0 Å². The molecule has 0 fully saturated rings. The fraction of sp³-hybridized carbons (Fsp3) is 0.250. The minimum absolute atomic E-state index is 0.272. The molecule has 4 heteroatoms. The van der Waals surface area contributed by atoms with E-state index in [0.717, 1.165) is 18.5 Å². The molecule has 0 saturated heterocycles. The maximum Gasteiger partial charge on any atom is 0.0722 e. The predicted octanol–water partition coefficient (Wildman–Crippen LogP) is 5.01. The number of benzene rings is 2. The molecule has 0 amide bonds. The third kappa shape index (κ3) is 4.06. The van der Waals surface area contributed by atoms with Crippen molar-refractivity contribution in [3.05, 3.63) is 58.1 Å². The summed E-state index contributed by atoms with van der Waals surface area (Å²) in [5.74, 6) is 0. The van der Waals surface area contributed by atoms with Gasteiger partial charge in [-0.15, -0.1) is 0 Å². The molecule has 2 aromatic carbocycles. The summed E-state index contributed by atoms with van der Waals surface area (Å²) in [6, 6.07) is 14.1. The summed E-state index contributed by atoms with van der Waals surface area (Å²) in [6.07, 6.45) is 2.01. The topological polar surface area (TPSA) is 38.0 Å². The van der Waals surface area contributed by atoms with Crippen molar-refractivity contribution in [2.45, 2.75) is 25.8 Å². The van der Waals surface area contributed by atoms with Gasteiger partial charge < -0.3 is 11.1 Å². The molecule has 0 aliphatic heterocycles. The van der Waals surface area contributed by atoms with Crippen molar-refractivity contribution in [2.75, 3.05) is 11.1 Å². The van der Waals surface area contributed by atoms with E-state index < -0.39 is 0 Å². The van der Waals surface area contributed by atoms with Gasteiger partial charge in [0.15, 0.2) is 0 Å². The minimum atomic E-state index is 0.272. The number of nitrogens with one attached hydrogen (secondary N) is 1. The first-order valence-electron chi connectivity index (χ1n) is 6.61. The number of hydrogen-bond donors (Lipinski definition) is 2. The summed E-state index contributed by atoms with van der Waals surface area (Å²) >= 11 is 12.3. The molecule has 0 bridgehead atoms. The monoisotopic (exact) mass is 308 g/mol. The van der Waals surface area contributed by atoms with Crippen LogP contribution in [0.2, 0.25) is 10.0 Å². The largest absolute Gasteiger partial charge is 0.399 e. The van der Waals surface area contributed by atoms with Gasteiger partial charge in [-0.25, -0.2) is 0 Å². The lowest BCUT2D eigenvalue weighted by molar-refractivity contribution is 0.706. The number of anilines is 2. The van der Waals surface area contributed by atoms with E-state index in [4.69, 9.17) is 28.9 Å². The fourth-order valence-electron chi connectivity index (χ4n) is 2.08. The lowest BCUT2D eigenvalue weighted by Gasteiger charge is -2.18. The van der Waals surface area contributed by atoms with Crippen molar-refractivity contribution in [1.29, 1.82) is 0 Å². The summed E-state index contributed by atoms with van der Waals surface area (Å²) in [4.78, 5) is 0. The van der Waals surface area contributed by atoms with Crippen molar-refractivity contribution in [1.82, 2.24) is 0 Å². The van der Waals surface area contributed by atoms with Gasteiger partial charge in [-0.05, 0) is 37.5 Å². The molecule has 0 aromatic heterocycles. The predicted molar refractivity (Wildman–Crippen MR) is 88.7 cm³/mol. The van der Waals surface area contributed by atoms with E-state index in [-0.39, 0.29) is 6.04 Å². The maximum atomic E-state index is 6.17. The van der Waals surface area contributed by atoms with Crippen molar-refractivity contribution in [3.8, 4) is 0 Å². The standard InChI is InChI=1S/C16H18Cl2N2/c1-11(7-8-12-5-3-2-4-6-12)20-16-14(17)9-13(19)10-15(16)18/h2-6,9-11,20H,7-8,19H2,1H3. The van der Waals surface area contributed by atoms with Crippen LogP contribution in [0.15, 0.2) is 42.5 Å². The lowest BCUT2D eigenvalue weighted by atomic mass is 10.1. The number of nitrogen functional groups attached to an aromatic ring is 1. The van der Waals surface area contributed by atoms with Crippen LogP contribution in [0.4, 0.5) is 11.4 Å². The van der Waals surface area contributed by atoms with E-state index in [1.807, 2.05) is 6.07 Å². The van der Waals surface area contributed by atoms with Crippen LogP contribution in [0.1, 0.15) is 18.9 Å². The highest BCUT2D eigenvalue weighted by Crippen LogP contribution is 2.33. The molecule has 2 aromatic rings. The number of halogens is 2. The number of rotatable bonds is 5. The molecule has 0 aliphatic carbocycles. The fourth-order valence-corrected chi connectivity index (χ4v) is 2.69. The highest BCUT2D eigenvalue weighted by atomic mass is 35.5. The number of aryl methyl sites for hydroxylation is 1. The molecule has 2 nitrogen and oxygen atoms in total. The van der Waals surface area contributed by atoms with Crippen LogP contribution in [0, 0.1) is 0 Å². The van der Waals surface area contributed by atoms with Gasteiger partial charge in [0.05, 0.1) is 15.7 Å². The SMILES string of the molecule is CC(CCc1ccccc1)Nc1c(Cl)cc(N)cc1Cl. The molecule has 0 saturated carbocycles. The normalized spacial score (nSPS) is 12.2. The van der Waals surface area contributed by atoms with Crippen LogP contribution in [0.3, 0.4) is 0 Å². The average molecular weight is 309 g/mol. The third-order valence-electron chi connectivity index (χ3n) is 3.16. The molecule has 1 unspecified atom stereocenters. The molecule has 0 heterocycles. The minimum Gasteiger partial charge on any atom is -0.399 e. The van der Waals surface area contributed by atoms with E-state index in [1.54, 1.807) is 12.1 Å². The van der Waals surface area contributed by atoms with Crippen molar-refractivity contribution in [2.24, 2.45) is 0 Å². The molecule has 20 heavy (non-hydrogen) atoms. The Balaban J connectivity index is 1.96. The van der Waals surface area contributed by atoms with Gasteiger partial charge in [-0.1, -0.05) is 53.5 Å². The summed E-state index contributed by atoms with van der Waals surface area (Å²) in [6.45, 7) is 2.12. The average Bonchev–Trinajstić information content (AvgIpc) is 2.42. The van der Waals surface area contributed by atoms with Crippen LogP contribution in [0.5, 0.6) is 0 Å². The van der Waals surface area contributed by atoms with E-state index in [2.05, 4.69) is 36.5 Å². The highest BCUT2D eigenvalue weighted by Gasteiger charge is 2.10. The Labute approximate surface area is 129 Å². The van der Waals surface area contributed by atoms with Crippen LogP contribution in [0.25, 0.3) is 0 Å². The number of nitrogens with two attached hydrogens (primary N) is 1. The van der Waals surface area contributed by atoms with Gasteiger partial charge in [0.2, 0.25) is 0 Å². The van der Waals surface area contributed by atoms with Gasteiger partial charge >= 0.3 is 0 Å². The molecule has 0 aliphatic rings. The first-order valence-corrected chi connectivity index (χ1v) is 7.37. The molecule has 0 spiro atoms. The summed E-state index contributed by atoms with van der Waals surface area (Å²) in [7, 11) is 0. The molecule has 1 atom stereocenters. The summed E-state index contributed by atoms with van der Waals surface area (Å²) in [5.41, 5.74) is 8.35. The quantitative estimate of drug-likeness (QED) is 0.762. The van der Waals surface area contributed by atoms with Crippen LogP contribution in [-0.4, -0.2) is 6.04 Å². The number of hydrogen-bond acceptors (Lipinski definition) is 2. The molecule has 0 radical (unpaired) electrons. The van der Waals surface area contributed by atoms with Gasteiger partial charge in [-0.2, -0.15) is 0 Å². The Kier molecular flexibility index (Phi) is 5.16. The maximum absolute atomic E-state index is 6.17. The molecular formula is C16H18Cl2N2. The van der Waals surface area contributed by atoms with Crippen LogP contribution < -0.4 is 11.1 Å². The molecule has 2 rings (SSSR count). The van der Waals surface area contributed by atoms with E-state index in [0.29, 0.717) is 15.7 Å². The Morgan fingerprint density at radius 1 is 1.10 bits per heavy atom. The first kappa shape index (κ1) is 15.0. The summed E-state index contributed by atoms with van der Waals surface area (Å²) in [5, 5.41) is 4.47. The Hall–Kier alpha value is -1.38. The van der Waals surface area contributed by atoms with Gasteiger partial charge in [0.1, 0.15) is 0 Å². The first-order chi connectivity index (χ1) is 9.56. The zero-order valence-corrected chi connectivity index (χ0v) is 12.9. The summed E-state index contributed by atoms with van der Waals surface area (Å²) < 4.78 is 0. The highest BCUT2D eigenvalue weighted by molar-refractivity contribution is 6.39. The second kappa shape index (κ2) is 6.87. The second-order valence-electron chi connectivity index (χ2n) is 4.93. The molecule has 106 valence electrons. The van der Waals surface area contributed by atoms with Gasteiger partial charge in [-0.3, -0.25) is 0 Å². The lowest BCUT2D eigenvalue weighted by Crippen LogP contribution is -2.16. The van der Waals surface area contributed by atoms with Crippen molar-refractivity contribution < 1.29 is 0 Å². The van der Waals surface area contributed by atoms with E-state index in [9.17, 15) is 0 Å². The van der Waals surface area contributed by atoms with Crippen LogP contribution in [-0.2, 0) is 6.42 Å². The van der Waals surface area contributed by atoms with Gasteiger partial charge in [0, 0.05) is 11.7 Å². The van der Waals surface area contributed by atoms with Crippen LogP contribution >= 0.6 is 23.2 Å². The third-order valence-corrected chi connectivity index (χ3v) is 3.76. The second-order valence-corrected chi connectivity index (χ2v) is 5.74. The van der Waals surface area contributed by atoms with Crippen molar-refractivity contribution in [3.63, 3.8) is 0 Å².